The SMILES string of the molecule is CCNC(=NCc1cccc(C)c1)NCC(O)c1ccco1.I. The Kier molecular flexibility index (Phi) is 8.71. The van der Waals surface area contributed by atoms with Crippen molar-refractivity contribution in [1.29, 1.82) is 0 Å². The Balaban J connectivity index is 0.00000264. The number of furan rings is 1. The normalized spacial score (nSPS) is 12.4. The Bertz CT molecular complexity index is 600. The van der Waals surface area contributed by atoms with Gasteiger partial charge in [-0.1, -0.05) is 29.8 Å². The van der Waals surface area contributed by atoms with Crippen molar-refractivity contribution in [3.05, 3.63) is 59.5 Å². The summed E-state index contributed by atoms with van der Waals surface area (Å²) in [6.45, 7) is 5.76. The summed E-state index contributed by atoms with van der Waals surface area (Å²) in [6.07, 6.45) is 0.855. The first-order valence-electron chi connectivity index (χ1n) is 7.48. The van der Waals surface area contributed by atoms with Crippen molar-refractivity contribution in [2.45, 2.75) is 26.5 Å². The van der Waals surface area contributed by atoms with E-state index in [-0.39, 0.29) is 24.0 Å². The predicted molar refractivity (Wildman–Crippen MR) is 103 cm³/mol. The summed E-state index contributed by atoms with van der Waals surface area (Å²) in [6, 6.07) is 11.8. The average Bonchev–Trinajstić information content (AvgIpc) is 3.04. The van der Waals surface area contributed by atoms with Gasteiger partial charge in [0.2, 0.25) is 0 Å². The number of guanidine groups is 1. The first-order chi connectivity index (χ1) is 10.7. The minimum Gasteiger partial charge on any atom is -0.467 e. The lowest BCUT2D eigenvalue weighted by molar-refractivity contribution is 0.153. The first kappa shape index (κ1) is 19.5. The molecule has 0 saturated carbocycles. The summed E-state index contributed by atoms with van der Waals surface area (Å²) >= 11 is 0. The molecule has 23 heavy (non-hydrogen) atoms. The monoisotopic (exact) mass is 429 g/mol. The molecule has 0 aliphatic heterocycles. The number of halogens is 1. The molecule has 1 unspecified atom stereocenters. The maximum absolute atomic E-state index is 10.0. The minimum atomic E-state index is -0.696. The van der Waals surface area contributed by atoms with Crippen LogP contribution in [0.4, 0.5) is 0 Å². The second-order valence-electron chi connectivity index (χ2n) is 5.10. The molecule has 0 aliphatic carbocycles. The smallest absolute Gasteiger partial charge is 0.191 e. The zero-order valence-corrected chi connectivity index (χ0v) is 15.8. The van der Waals surface area contributed by atoms with Crippen molar-refractivity contribution in [1.82, 2.24) is 10.6 Å². The van der Waals surface area contributed by atoms with E-state index in [0.29, 0.717) is 24.8 Å². The van der Waals surface area contributed by atoms with Gasteiger partial charge in [-0.25, -0.2) is 4.99 Å². The summed E-state index contributed by atoms with van der Waals surface area (Å²) in [4.78, 5) is 4.53. The van der Waals surface area contributed by atoms with Crippen LogP contribution in [0.1, 0.15) is 29.9 Å². The van der Waals surface area contributed by atoms with Crippen LogP contribution in [0.25, 0.3) is 0 Å². The minimum absolute atomic E-state index is 0. The second-order valence-corrected chi connectivity index (χ2v) is 5.10. The van der Waals surface area contributed by atoms with Gasteiger partial charge in [-0.05, 0) is 31.5 Å². The van der Waals surface area contributed by atoms with Gasteiger partial charge in [-0.2, -0.15) is 0 Å². The standard InChI is InChI=1S/C17H23N3O2.HI/c1-3-18-17(19-11-14-7-4-6-13(2)10-14)20-12-15(21)16-8-5-9-22-16;/h4-10,15,21H,3,11-12H2,1-2H3,(H2,18,19,20);1H. The molecule has 2 rings (SSSR count). The van der Waals surface area contributed by atoms with Crippen molar-refractivity contribution >= 4 is 29.9 Å². The molecular formula is C17H24IN3O2. The maximum Gasteiger partial charge on any atom is 0.191 e. The molecule has 3 N–H and O–H groups in total. The number of hydrogen-bond acceptors (Lipinski definition) is 3. The number of nitrogens with one attached hydrogen (secondary N) is 2. The third-order valence-corrected chi connectivity index (χ3v) is 3.18. The zero-order chi connectivity index (χ0) is 15.8. The molecule has 0 aliphatic rings. The highest BCUT2D eigenvalue weighted by atomic mass is 127. The van der Waals surface area contributed by atoms with E-state index in [0.717, 1.165) is 12.1 Å². The number of aryl methyl sites for hydroxylation is 1. The highest BCUT2D eigenvalue weighted by Crippen LogP contribution is 2.11. The summed E-state index contributed by atoms with van der Waals surface area (Å²) in [5.74, 6) is 1.22. The third-order valence-electron chi connectivity index (χ3n) is 3.18. The van der Waals surface area contributed by atoms with Gasteiger partial charge in [0.05, 0.1) is 19.4 Å². The lowest BCUT2D eigenvalue weighted by atomic mass is 10.1. The van der Waals surface area contributed by atoms with Crippen LogP contribution in [-0.4, -0.2) is 24.2 Å². The number of aliphatic imine (C=N–C) groups is 1. The molecule has 126 valence electrons. The molecule has 0 spiro atoms. The molecule has 6 heteroatoms. The van der Waals surface area contributed by atoms with Gasteiger partial charge >= 0.3 is 0 Å². The number of rotatable bonds is 6. The predicted octanol–water partition coefficient (Wildman–Crippen LogP) is 2.99. The quantitative estimate of drug-likeness (QED) is 0.375. The van der Waals surface area contributed by atoms with E-state index >= 15 is 0 Å². The summed E-state index contributed by atoms with van der Waals surface area (Å²) < 4.78 is 5.18. The molecule has 1 atom stereocenters. The Morgan fingerprint density at radius 2 is 2.09 bits per heavy atom. The van der Waals surface area contributed by atoms with Gasteiger partial charge in [-0.3, -0.25) is 0 Å². The molecule has 0 saturated heterocycles. The van der Waals surface area contributed by atoms with Gasteiger partial charge in [0.15, 0.2) is 5.96 Å². The van der Waals surface area contributed by atoms with Crippen molar-refractivity contribution in [2.75, 3.05) is 13.1 Å². The fourth-order valence-corrected chi connectivity index (χ4v) is 2.10. The summed E-state index contributed by atoms with van der Waals surface area (Å²) in [7, 11) is 0. The van der Waals surface area contributed by atoms with Crippen LogP contribution in [0.5, 0.6) is 0 Å². The highest BCUT2D eigenvalue weighted by molar-refractivity contribution is 14.0. The van der Waals surface area contributed by atoms with E-state index < -0.39 is 6.10 Å². The Hall–Kier alpha value is -1.54. The van der Waals surface area contributed by atoms with Gasteiger partial charge in [0, 0.05) is 6.54 Å². The molecule has 0 radical (unpaired) electrons. The molecule has 5 nitrogen and oxygen atoms in total. The average molecular weight is 429 g/mol. The first-order valence-corrected chi connectivity index (χ1v) is 7.48. The summed E-state index contributed by atoms with van der Waals surface area (Å²) in [5, 5.41) is 16.3. The Morgan fingerprint density at radius 1 is 1.26 bits per heavy atom. The maximum atomic E-state index is 10.0. The second kappa shape index (κ2) is 10.3. The Morgan fingerprint density at radius 3 is 2.74 bits per heavy atom. The van der Waals surface area contributed by atoms with Gasteiger partial charge in [0.25, 0.3) is 0 Å². The molecule has 1 aromatic carbocycles. The summed E-state index contributed by atoms with van der Waals surface area (Å²) in [5.41, 5.74) is 2.38. The van der Waals surface area contributed by atoms with Crippen molar-refractivity contribution < 1.29 is 9.52 Å². The molecule has 0 bridgehead atoms. The topological polar surface area (TPSA) is 69.8 Å². The molecular weight excluding hydrogens is 405 g/mol. The molecule has 1 aromatic heterocycles. The van der Waals surface area contributed by atoms with E-state index in [2.05, 4.69) is 40.7 Å². The van der Waals surface area contributed by atoms with Crippen LogP contribution >= 0.6 is 24.0 Å². The molecule has 2 aromatic rings. The molecule has 0 fully saturated rings. The fraction of sp³-hybridized carbons (Fsp3) is 0.353. The van der Waals surface area contributed by atoms with Crippen LogP contribution < -0.4 is 10.6 Å². The van der Waals surface area contributed by atoms with E-state index in [1.165, 1.54) is 5.56 Å². The molecule has 1 heterocycles. The van der Waals surface area contributed by atoms with Gasteiger partial charge < -0.3 is 20.2 Å². The van der Waals surface area contributed by atoms with E-state index in [9.17, 15) is 5.11 Å². The van der Waals surface area contributed by atoms with E-state index in [1.54, 1.807) is 18.4 Å². The van der Waals surface area contributed by atoms with Crippen LogP contribution in [-0.2, 0) is 6.54 Å². The number of hydrogen-bond donors (Lipinski definition) is 3. The Labute approximate surface area is 154 Å². The number of nitrogens with zero attached hydrogens (tertiary/aromatic N) is 1. The van der Waals surface area contributed by atoms with E-state index in [1.807, 2.05) is 13.0 Å². The van der Waals surface area contributed by atoms with Crippen LogP contribution in [0, 0.1) is 6.92 Å². The lowest BCUT2D eigenvalue weighted by Crippen LogP contribution is -2.39. The van der Waals surface area contributed by atoms with Crippen molar-refractivity contribution in [3.8, 4) is 0 Å². The largest absolute Gasteiger partial charge is 0.467 e. The van der Waals surface area contributed by atoms with Crippen LogP contribution in [0.2, 0.25) is 0 Å². The fourth-order valence-electron chi connectivity index (χ4n) is 2.10. The lowest BCUT2D eigenvalue weighted by Gasteiger charge is -2.14. The molecule has 0 amide bonds. The number of aliphatic hydroxyl groups excluding tert-OH is 1. The zero-order valence-electron chi connectivity index (χ0n) is 13.5. The van der Waals surface area contributed by atoms with E-state index in [4.69, 9.17) is 4.42 Å². The van der Waals surface area contributed by atoms with Crippen molar-refractivity contribution in [2.24, 2.45) is 4.99 Å². The van der Waals surface area contributed by atoms with Gasteiger partial charge in [-0.15, -0.1) is 24.0 Å². The van der Waals surface area contributed by atoms with Crippen molar-refractivity contribution in [3.63, 3.8) is 0 Å². The third kappa shape index (κ3) is 6.62. The van der Waals surface area contributed by atoms with Crippen LogP contribution in [0.3, 0.4) is 0 Å². The highest BCUT2D eigenvalue weighted by Gasteiger charge is 2.10. The number of benzene rings is 1. The van der Waals surface area contributed by atoms with Crippen LogP contribution in [0.15, 0.2) is 52.1 Å². The number of aliphatic hydroxyl groups is 1. The van der Waals surface area contributed by atoms with Gasteiger partial charge in [0.1, 0.15) is 11.9 Å².